The van der Waals surface area contributed by atoms with Crippen LogP contribution in [0.4, 0.5) is 0 Å². The summed E-state index contributed by atoms with van der Waals surface area (Å²) in [6.45, 7) is 5.49. The standard InChI is InChI=1S/C36H54N5O5S/c1-36(2,3)47(45,46)25-30(19-27-13-7-4-8-14-27)34(42)40-33(21-31-23-38-26-39-31)35(43)41(44)32(20-28-15-9-5-10-16-28)24-37-22-29-17-11-6-12-18-29/h4,7-8,13-14,23-24,26,28-30,32-33H,5-6,9-12,15-22,25H2,1-3H3,(H,38,39)(H,40,42)/q-1/t30-,32+,33+/m1/s1. The first-order chi connectivity index (χ1) is 22.4. The van der Waals surface area contributed by atoms with Crippen molar-refractivity contribution in [3.63, 3.8) is 0 Å². The van der Waals surface area contributed by atoms with Crippen LogP contribution < -0.4 is 5.32 Å². The van der Waals surface area contributed by atoms with Crippen LogP contribution in [0.1, 0.15) is 103 Å². The molecule has 1 heterocycles. The molecule has 0 radical (unpaired) electrons. The maximum absolute atomic E-state index is 14.1. The number of hydroxylamine groups is 2. The molecule has 2 aliphatic rings. The molecule has 260 valence electrons. The normalized spacial score (nSPS) is 18.9. The lowest BCUT2D eigenvalue weighted by Crippen LogP contribution is -2.53. The predicted octanol–water partition coefficient (Wildman–Crippen LogP) is 5.83. The van der Waals surface area contributed by atoms with Crippen LogP contribution in [-0.4, -0.2) is 70.6 Å². The number of imidazole rings is 1. The lowest BCUT2D eigenvalue weighted by atomic mass is 9.85. The molecule has 2 amide bonds. The summed E-state index contributed by atoms with van der Waals surface area (Å²) in [4.78, 5) is 39.7. The number of hydrogen-bond acceptors (Lipinski definition) is 7. The molecule has 2 saturated carbocycles. The minimum absolute atomic E-state index is 0.0166. The Labute approximate surface area is 281 Å². The van der Waals surface area contributed by atoms with Crippen LogP contribution in [0.2, 0.25) is 0 Å². The first kappa shape index (κ1) is 36.8. The second-order valence-electron chi connectivity index (χ2n) is 14.6. The lowest BCUT2D eigenvalue weighted by molar-refractivity contribution is -0.136. The van der Waals surface area contributed by atoms with E-state index in [1.54, 1.807) is 33.2 Å². The fraction of sp³-hybridized carbons (Fsp3) is 0.667. The van der Waals surface area contributed by atoms with Gasteiger partial charge in [-0.15, -0.1) is 0 Å². The Kier molecular flexibility index (Phi) is 13.6. The number of nitrogens with one attached hydrogen (secondary N) is 2. The molecule has 0 spiro atoms. The molecule has 11 heteroatoms. The third-order valence-electron chi connectivity index (χ3n) is 9.83. The number of benzene rings is 1. The summed E-state index contributed by atoms with van der Waals surface area (Å²) in [6.07, 6.45) is 16.8. The molecule has 10 nitrogen and oxygen atoms in total. The van der Waals surface area contributed by atoms with Crippen molar-refractivity contribution in [2.75, 3.05) is 12.3 Å². The third-order valence-corrected chi connectivity index (χ3v) is 12.5. The van der Waals surface area contributed by atoms with Crippen molar-refractivity contribution in [1.82, 2.24) is 20.3 Å². The minimum atomic E-state index is -3.69. The van der Waals surface area contributed by atoms with Crippen molar-refractivity contribution >= 4 is 27.9 Å². The zero-order chi connectivity index (χ0) is 33.9. The van der Waals surface area contributed by atoms with Crippen LogP contribution in [0.15, 0.2) is 47.8 Å². The van der Waals surface area contributed by atoms with E-state index < -0.39 is 44.4 Å². The maximum atomic E-state index is 14.1. The molecule has 1 aromatic heterocycles. The molecular weight excluding hydrogens is 614 g/mol. The summed E-state index contributed by atoms with van der Waals surface area (Å²) in [7, 11) is -3.69. The number of hydrogen-bond donors (Lipinski definition) is 2. The second kappa shape index (κ2) is 17.4. The van der Waals surface area contributed by atoms with E-state index in [2.05, 4.69) is 15.3 Å². The molecule has 0 bridgehead atoms. The van der Waals surface area contributed by atoms with Gasteiger partial charge < -0.3 is 20.6 Å². The number of carbonyl (C=O) groups is 2. The predicted molar refractivity (Wildman–Crippen MR) is 187 cm³/mol. The van der Waals surface area contributed by atoms with Gasteiger partial charge in [0.25, 0.3) is 0 Å². The first-order valence-electron chi connectivity index (χ1n) is 17.5. The van der Waals surface area contributed by atoms with Gasteiger partial charge in [-0.05, 0) is 63.9 Å². The average Bonchev–Trinajstić information content (AvgIpc) is 3.57. The molecule has 1 aromatic carbocycles. The Morgan fingerprint density at radius 3 is 2.26 bits per heavy atom. The Bertz CT molecular complexity index is 1380. The molecule has 2 fully saturated rings. The average molecular weight is 669 g/mol. The van der Waals surface area contributed by atoms with Gasteiger partial charge in [-0.2, -0.15) is 0 Å². The molecule has 3 atom stereocenters. The van der Waals surface area contributed by atoms with Crippen molar-refractivity contribution in [2.24, 2.45) is 22.7 Å². The number of carbonyl (C=O) groups excluding carboxylic acids is 2. The Morgan fingerprint density at radius 2 is 1.66 bits per heavy atom. The Balaban J connectivity index is 1.57. The molecule has 2 aromatic rings. The molecule has 0 aliphatic heterocycles. The smallest absolute Gasteiger partial charge is 0.235 e. The topological polar surface area (TPSA) is 148 Å². The highest BCUT2D eigenvalue weighted by Crippen LogP contribution is 2.29. The van der Waals surface area contributed by atoms with Crippen molar-refractivity contribution in [2.45, 2.75) is 121 Å². The minimum Gasteiger partial charge on any atom is -0.756 e. The number of sulfone groups is 1. The van der Waals surface area contributed by atoms with Crippen LogP contribution in [0.25, 0.3) is 0 Å². The molecule has 47 heavy (non-hydrogen) atoms. The van der Waals surface area contributed by atoms with Crippen molar-refractivity contribution in [3.05, 3.63) is 59.3 Å². The van der Waals surface area contributed by atoms with Gasteiger partial charge in [-0.25, -0.2) is 13.4 Å². The van der Waals surface area contributed by atoms with Gasteiger partial charge in [0.05, 0.1) is 28.8 Å². The van der Waals surface area contributed by atoms with Crippen molar-refractivity contribution in [1.29, 1.82) is 0 Å². The summed E-state index contributed by atoms with van der Waals surface area (Å²) in [5.41, 5.74) is 1.38. The van der Waals surface area contributed by atoms with E-state index in [-0.39, 0.29) is 18.6 Å². The van der Waals surface area contributed by atoms with Gasteiger partial charge in [0.2, 0.25) is 11.8 Å². The highest BCUT2D eigenvalue weighted by Gasteiger charge is 2.36. The maximum Gasteiger partial charge on any atom is 0.235 e. The molecular formula is C36H54N5O5S-. The number of rotatable bonds is 15. The molecule has 0 unspecified atom stereocenters. The van der Waals surface area contributed by atoms with E-state index in [1.807, 2.05) is 30.3 Å². The monoisotopic (exact) mass is 668 g/mol. The number of amides is 2. The number of nitrogens with zero attached hydrogens (tertiary/aromatic N) is 3. The second-order valence-corrected chi connectivity index (χ2v) is 17.4. The van der Waals surface area contributed by atoms with E-state index in [4.69, 9.17) is 4.99 Å². The molecule has 0 saturated heterocycles. The van der Waals surface area contributed by atoms with E-state index in [9.17, 15) is 23.2 Å². The van der Waals surface area contributed by atoms with Gasteiger partial charge in [-0.1, -0.05) is 81.7 Å². The van der Waals surface area contributed by atoms with Crippen LogP contribution in [0.3, 0.4) is 0 Å². The molecule has 2 N–H and O–H groups in total. The van der Waals surface area contributed by atoms with Crippen molar-refractivity contribution < 1.29 is 18.0 Å². The van der Waals surface area contributed by atoms with E-state index in [0.717, 1.165) is 44.1 Å². The quantitative estimate of drug-likeness (QED) is 0.180. The van der Waals surface area contributed by atoms with Gasteiger partial charge in [-0.3, -0.25) is 14.6 Å². The zero-order valence-electron chi connectivity index (χ0n) is 28.4. The van der Waals surface area contributed by atoms with Crippen molar-refractivity contribution in [3.8, 4) is 0 Å². The van der Waals surface area contributed by atoms with Crippen LogP contribution in [-0.2, 0) is 32.3 Å². The largest absolute Gasteiger partial charge is 0.756 e. The van der Waals surface area contributed by atoms with E-state index in [0.29, 0.717) is 35.6 Å². The number of aromatic nitrogens is 2. The Morgan fingerprint density at radius 1 is 1.02 bits per heavy atom. The van der Waals surface area contributed by atoms with Gasteiger partial charge in [0.15, 0.2) is 9.84 Å². The lowest BCUT2D eigenvalue weighted by Gasteiger charge is -2.40. The summed E-state index contributed by atoms with van der Waals surface area (Å²) in [6, 6.07) is 7.27. The highest BCUT2D eigenvalue weighted by atomic mass is 32.2. The summed E-state index contributed by atoms with van der Waals surface area (Å²) < 4.78 is 25.5. The highest BCUT2D eigenvalue weighted by molar-refractivity contribution is 7.92. The van der Waals surface area contributed by atoms with E-state index >= 15 is 0 Å². The number of H-pyrrole nitrogens is 1. The van der Waals surface area contributed by atoms with Gasteiger partial charge in [0.1, 0.15) is 6.04 Å². The Hall–Kier alpha value is -3.05. The van der Waals surface area contributed by atoms with Crippen LogP contribution >= 0.6 is 0 Å². The number of aliphatic imine (C=N–C) groups is 1. The number of aromatic amines is 1. The first-order valence-corrected chi connectivity index (χ1v) is 19.1. The van der Waals surface area contributed by atoms with E-state index in [1.165, 1.54) is 32.0 Å². The molecule has 4 rings (SSSR count). The van der Waals surface area contributed by atoms with Gasteiger partial charge in [0, 0.05) is 31.1 Å². The fourth-order valence-electron chi connectivity index (χ4n) is 6.75. The van der Waals surface area contributed by atoms with Gasteiger partial charge >= 0.3 is 0 Å². The summed E-state index contributed by atoms with van der Waals surface area (Å²) in [5.74, 6) is -1.87. The zero-order valence-corrected chi connectivity index (χ0v) is 29.2. The van der Waals surface area contributed by atoms with Crippen LogP contribution in [0, 0.1) is 23.0 Å². The third kappa shape index (κ3) is 11.3. The summed E-state index contributed by atoms with van der Waals surface area (Å²) in [5, 5.41) is 17.3. The summed E-state index contributed by atoms with van der Waals surface area (Å²) >= 11 is 0. The molecule has 2 aliphatic carbocycles. The van der Waals surface area contributed by atoms with Crippen LogP contribution in [0.5, 0.6) is 0 Å². The fourth-order valence-corrected chi connectivity index (χ4v) is 8.05. The SMILES string of the molecule is CC(C)(C)S(=O)(=O)C[C@@H](Cc1ccccc1)C(=O)N[C@@H](Cc1cnc[nH]1)C(=O)N([O-])[C@H](C=NCC1CCCCC1)CC1CCCCC1.